The molecule has 0 saturated heterocycles. The number of amides is 3. The number of nitrogens with zero attached hydrogens (tertiary/aromatic N) is 1. The molecule has 0 aliphatic carbocycles. The predicted octanol–water partition coefficient (Wildman–Crippen LogP) is 5.26. The van der Waals surface area contributed by atoms with Crippen LogP contribution in [0.15, 0.2) is 24.5 Å². The van der Waals surface area contributed by atoms with Crippen LogP contribution in [0, 0.1) is 5.92 Å². The van der Waals surface area contributed by atoms with Crippen molar-refractivity contribution in [3.05, 3.63) is 30.1 Å². The van der Waals surface area contributed by atoms with Crippen molar-refractivity contribution in [2.24, 2.45) is 5.92 Å². The quantitative estimate of drug-likeness (QED) is 0.251. The molecule has 36 heavy (non-hydrogen) atoms. The molecule has 0 aliphatic heterocycles. The zero-order valence-electron chi connectivity index (χ0n) is 23.0. The summed E-state index contributed by atoms with van der Waals surface area (Å²) >= 11 is 0. The molecular formula is C28H48N4O4. The lowest BCUT2D eigenvalue weighted by Gasteiger charge is -2.24. The minimum atomic E-state index is -0.599. The van der Waals surface area contributed by atoms with E-state index in [1.165, 1.54) is 12.8 Å². The van der Waals surface area contributed by atoms with Gasteiger partial charge in [0, 0.05) is 31.9 Å². The summed E-state index contributed by atoms with van der Waals surface area (Å²) in [4.78, 5) is 40.5. The van der Waals surface area contributed by atoms with Gasteiger partial charge in [-0.15, -0.1) is 0 Å². The summed E-state index contributed by atoms with van der Waals surface area (Å²) in [5, 5.41) is 8.62. The van der Waals surface area contributed by atoms with E-state index in [1.807, 2.05) is 26.0 Å². The van der Waals surface area contributed by atoms with Crippen LogP contribution in [0.5, 0.6) is 0 Å². The zero-order valence-corrected chi connectivity index (χ0v) is 23.0. The van der Waals surface area contributed by atoms with E-state index < -0.39 is 17.7 Å². The molecule has 1 aromatic heterocycles. The van der Waals surface area contributed by atoms with E-state index in [-0.39, 0.29) is 17.7 Å². The summed E-state index contributed by atoms with van der Waals surface area (Å²) in [7, 11) is 0. The summed E-state index contributed by atoms with van der Waals surface area (Å²) in [5.74, 6) is 0.224. The maximum absolute atomic E-state index is 12.6. The molecule has 1 rings (SSSR count). The molecule has 0 spiro atoms. The van der Waals surface area contributed by atoms with E-state index in [4.69, 9.17) is 4.74 Å². The Labute approximate surface area is 217 Å². The van der Waals surface area contributed by atoms with Gasteiger partial charge in [0.2, 0.25) is 11.8 Å². The second-order valence-corrected chi connectivity index (χ2v) is 10.8. The fraction of sp³-hybridized carbons (Fsp3) is 0.714. The summed E-state index contributed by atoms with van der Waals surface area (Å²) < 4.78 is 5.29. The second kappa shape index (κ2) is 17.7. The molecule has 0 aromatic carbocycles. The highest BCUT2D eigenvalue weighted by Crippen LogP contribution is 2.11. The molecule has 0 fully saturated rings. The number of alkyl carbamates (subject to hydrolysis) is 1. The Morgan fingerprint density at radius 1 is 0.889 bits per heavy atom. The van der Waals surface area contributed by atoms with Crippen molar-refractivity contribution in [3.8, 4) is 0 Å². The topological polar surface area (TPSA) is 109 Å². The first-order chi connectivity index (χ1) is 17.1. The van der Waals surface area contributed by atoms with Crippen molar-refractivity contribution in [2.45, 2.75) is 117 Å². The lowest BCUT2D eigenvalue weighted by Crippen LogP contribution is -2.49. The molecule has 0 unspecified atom stereocenters. The van der Waals surface area contributed by atoms with Gasteiger partial charge < -0.3 is 20.7 Å². The van der Waals surface area contributed by atoms with E-state index in [2.05, 4.69) is 20.9 Å². The Morgan fingerprint density at radius 3 is 2.06 bits per heavy atom. The zero-order chi connectivity index (χ0) is 26.8. The number of hydrogen-bond donors (Lipinski definition) is 3. The molecule has 1 heterocycles. The number of pyridine rings is 1. The number of aromatic nitrogens is 1. The number of unbranched alkanes of at least 4 members (excludes halogenated alkanes) is 7. The van der Waals surface area contributed by atoms with E-state index in [0.29, 0.717) is 25.9 Å². The number of rotatable bonds is 17. The Bertz CT molecular complexity index is 763. The SMILES string of the molecule is CC(C)C[C@H](NC(=O)OC(C)(C)C)C(=O)NCCCCCCCCCCC(=O)NCc1ccncc1. The van der Waals surface area contributed by atoms with Crippen LogP contribution in [0.2, 0.25) is 0 Å². The summed E-state index contributed by atoms with van der Waals surface area (Å²) in [6.45, 7) is 10.6. The largest absolute Gasteiger partial charge is 0.444 e. The highest BCUT2D eigenvalue weighted by molar-refractivity contribution is 5.85. The van der Waals surface area contributed by atoms with Crippen LogP contribution in [0.4, 0.5) is 4.79 Å². The van der Waals surface area contributed by atoms with Gasteiger partial charge in [0.05, 0.1) is 0 Å². The van der Waals surface area contributed by atoms with Crippen molar-refractivity contribution in [3.63, 3.8) is 0 Å². The van der Waals surface area contributed by atoms with Crippen molar-refractivity contribution in [2.75, 3.05) is 6.54 Å². The smallest absolute Gasteiger partial charge is 0.408 e. The van der Waals surface area contributed by atoms with Crippen molar-refractivity contribution in [1.29, 1.82) is 0 Å². The average Bonchev–Trinajstić information content (AvgIpc) is 2.79. The van der Waals surface area contributed by atoms with Crippen LogP contribution in [-0.4, -0.2) is 41.1 Å². The van der Waals surface area contributed by atoms with Crippen molar-refractivity contribution < 1.29 is 19.1 Å². The molecule has 0 saturated carbocycles. The van der Waals surface area contributed by atoms with Crippen molar-refractivity contribution >= 4 is 17.9 Å². The first-order valence-corrected chi connectivity index (χ1v) is 13.5. The third-order valence-electron chi connectivity index (χ3n) is 5.58. The van der Waals surface area contributed by atoms with Gasteiger partial charge in [0.25, 0.3) is 0 Å². The van der Waals surface area contributed by atoms with Gasteiger partial charge in [-0.1, -0.05) is 52.4 Å². The molecule has 8 nitrogen and oxygen atoms in total. The minimum absolute atomic E-state index is 0.103. The minimum Gasteiger partial charge on any atom is -0.444 e. The maximum Gasteiger partial charge on any atom is 0.408 e. The first-order valence-electron chi connectivity index (χ1n) is 13.5. The van der Waals surface area contributed by atoms with Gasteiger partial charge in [-0.3, -0.25) is 14.6 Å². The third-order valence-corrected chi connectivity index (χ3v) is 5.58. The molecule has 3 amide bonds. The summed E-state index contributed by atoms with van der Waals surface area (Å²) in [6.07, 6.45) is 12.6. The lowest BCUT2D eigenvalue weighted by molar-refractivity contribution is -0.123. The lowest BCUT2D eigenvalue weighted by atomic mass is 10.0. The molecule has 1 atom stereocenters. The molecule has 3 N–H and O–H groups in total. The van der Waals surface area contributed by atoms with Gasteiger partial charge in [-0.2, -0.15) is 0 Å². The van der Waals surface area contributed by atoms with E-state index in [9.17, 15) is 14.4 Å². The van der Waals surface area contributed by atoms with Crippen LogP contribution < -0.4 is 16.0 Å². The van der Waals surface area contributed by atoms with Crippen LogP contribution in [0.25, 0.3) is 0 Å². The Balaban J connectivity index is 2.05. The number of carbonyl (C=O) groups is 3. The highest BCUT2D eigenvalue weighted by atomic mass is 16.6. The van der Waals surface area contributed by atoms with E-state index in [1.54, 1.807) is 33.2 Å². The predicted molar refractivity (Wildman–Crippen MR) is 143 cm³/mol. The standard InChI is InChI=1S/C28H48N4O4/c1-22(2)20-24(32-27(35)36-28(3,4)5)26(34)30-17-13-11-9-7-6-8-10-12-14-25(33)31-21-23-15-18-29-19-16-23/h15-16,18-19,22,24H,6-14,17,20-21H2,1-5H3,(H,30,34)(H,31,33)(H,32,35)/t24-/m0/s1. The van der Waals surface area contributed by atoms with Gasteiger partial charge in [0.1, 0.15) is 11.6 Å². The summed E-state index contributed by atoms with van der Waals surface area (Å²) in [6, 6.07) is 3.22. The number of carbonyl (C=O) groups excluding carboxylic acids is 3. The maximum atomic E-state index is 12.6. The van der Waals surface area contributed by atoms with Gasteiger partial charge in [-0.25, -0.2) is 4.79 Å². The Morgan fingerprint density at radius 2 is 1.47 bits per heavy atom. The molecule has 0 radical (unpaired) electrons. The van der Waals surface area contributed by atoms with Crippen LogP contribution in [0.1, 0.15) is 104 Å². The summed E-state index contributed by atoms with van der Waals surface area (Å²) in [5.41, 5.74) is 0.462. The fourth-order valence-electron chi connectivity index (χ4n) is 3.75. The first kappa shape index (κ1) is 31.4. The molecule has 0 aliphatic rings. The van der Waals surface area contributed by atoms with Crippen molar-refractivity contribution in [1.82, 2.24) is 20.9 Å². The molecular weight excluding hydrogens is 456 g/mol. The number of nitrogens with one attached hydrogen (secondary N) is 3. The fourth-order valence-corrected chi connectivity index (χ4v) is 3.75. The highest BCUT2D eigenvalue weighted by Gasteiger charge is 2.24. The van der Waals surface area contributed by atoms with Crippen LogP contribution in [-0.2, 0) is 20.9 Å². The normalized spacial score (nSPS) is 12.2. The monoisotopic (exact) mass is 504 g/mol. The Hall–Kier alpha value is -2.64. The van der Waals surface area contributed by atoms with Crippen LogP contribution >= 0.6 is 0 Å². The Kier molecular flexibility index (Phi) is 15.5. The molecule has 204 valence electrons. The van der Waals surface area contributed by atoms with Gasteiger partial charge in [-0.05, 0) is 63.6 Å². The molecule has 0 bridgehead atoms. The number of hydrogen-bond acceptors (Lipinski definition) is 5. The van der Waals surface area contributed by atoms with Crippen LogP contribution in [0.3, 0.4) is 0 Å². The van der Waals surface area contributed by atoms with E-state index in [0.717, 1.165) is 44.1 Å². The second-order valence-electron chi connectivity index (χ2n) is 10.8. The average molecular weight is 505 g/mol. The molecule has 8 heteroatoms. The third kappa shape index (κ3) is 16.9. The molecule has 1 aromatic rings. The van der Waals surface area contributed by atoms with Gasteiger partial charge >= 0.3 is 6.09 Å². The van der Waals surface area contributed by atoms with Gasteiger partial charge in [0.15, 0.2) is 0 Å². The number of ether oxygens (including phenoxy) is 1. The van der Waals surface area contributed by atoms with E-state index >= 15 is 0 Å².